The zero-order valence-electron chi connectivity index (χ0n) is 8.24. The Bertz CT molecular complexity index is 350. The lowest BCUT2D eigenvalue weighted by Gasteiger charge is -2.01. The van der Waals surface area contributed by atoms with Gasteiger partial charge in [0, 0.05) is 12.6 Å². The summed E-state index contributed by atoms with van der Waals surface area (Å²) in [5.41, 5.74) is 6.96. The molecule has 0 aromatic heterocycles. The second kappa shape index (κ2) is 4.41. The molecule has 4 heteroatoms. The molecule has 14 heavy (non-hydrogen) atoms. The van der Waals surface area contributed by atoms with Gasteiger partial charge in [-0.1, -0.05) is 0 Å². The summed E-state index contributed by atoms with van der Waals surface area (Å²) in [6, 6.07) is 7.15. The third-order valence-corrected chi connectivity index (χ3v) is 1.49. The molecule has 0 unspecified atom stereocenters. The molecular formula is C10H13N3O. The standard InChI is InChI=1S/C10H13N3O/c1-7(11)12-9-3-5-10(6-4-9)13-8(2)14/h3-6H,1-2H3,(H2,11,12)(H,13,14). The van der Waals surface area contributed by atoms with E-state index in [1.165, 1.54) is 6.92 Å². The van der Waals surface area contributed by atoms with E-state index >= 15 is 0 Å². The largest absolute Gasteiger partial charge is 0.387 e. The highest BCUT2D eigenvalue weighted by molar-refractivity contribution is 5.89. The van der Waals surface area contributed by atoms with E-state index in [4.69, 9.17) is 5.73 Å². The molecule has 0 aliphatic heterocycles. The van der Waals surface area contributed by atoms with Crippen molar-refractivity contribution in [1.82, 2.24) is 0 Å². The van der Waals surface area contributed by atoms with Gasteiger partial charge >= 0.3 is 0 Å². The van der Waals surface area contributed by atoms with Crippen molar-refractivity contribution in [2.45, 2.75) is 13.8 Å². The maximum absolute atomic E-state index is 10.7. The Morgan fingerprint density at radius 2 is 1.86 bits per heavy atom. The molecule has 1 aromatic rings. The molecular weight excluding hydrogens is 178 g/mol. The van der Waals surface area contributed by atoms with Crippen molar-refractivity contribution in [1.29, 1.82) is 0 Å². The van der Waals surface area contributed by atoms with E-state index in [9.17, 15) is 4.79 Å². The number of benzene rings is 1. The lowest BCUT2D eigenvalue weighted by molar-refractivity contribution is -0.114. The Morgan fingerprint density at radius 1 is 1.29 bits per heavy atom. The predicted octanol–water partition coefficient (Wildman–Crippen LogP) is 1.65. The Labute approximate surface area is 82.8 Å². The minimum absolute atomic E-state index is 0.0868. The average molecular weight is 191 g/mol. The van der Waals surface area contributed by atoms with Crippen LogP contribution in [0, 0.1) is 0 Å². The number of aliphatic imine (C=N–C) groups is 1. The second-order valence-electron chi connectivity index (χ2n) is 2.98. The third kappa shape index (κ3) is 3.26. The fraction of sp³-hybridized carbons (Fsp3) is 0.200. The third-order valence-electron chi connectivity index (χ3n) is 1.49. The first kappa shape index (κ1) is 10.2. The van der Waals surface area contributed by atoms with E-state index < -0.39 is 0 Å². The summed E-state index contributed by atoms with van der Waals surface area (Å²) in [6.07, 6.45) is 0. The van der Waals surface area contributed by atoms with Gasteiger partial charge in [0.1, 0.15) is 0 Å². The number of nitrogens with one attached hydrogen (secondary N) is 1. The van der Waals surface area contributed by atoms with Gasteiger partial charge in [-0.3, -0.25) is 4.79 Å². The van der Waals surface area contributed by atoms with E-state index in [2.05, 4.69) is 10.3 Å². The first-order valence-electron chi connectivity index (χ1n) is 4.26. The molecule has 0 fully saturated rings. The van der Waals surface area contributed by atoms with Crippen molar-refractivity contribution < 1.29 is 4.79 Å². The number of nitrogens with zero attached hydrogens (tertiary/aromatic N) is 1. The molecule has 0 aliphatic carbocycles. The summed E-state index contributed by atoms with van der Waals surface area (Å²) in [4.78, 5) is 14.8. The molecule has 0 bridgehead atoms. The minimum Gasteiger partial charge on any atom is -0.387 e. The summed E-state index contributed by atoms with van der Waals surface area (Å²) >= 11 is 0. The first-order chi connectivity index (χ1) is 6.58. The Morgan fingerprint density at radius 3 is 2.29 bits per heavy atom. The first-order valence-corrected chi connectivity index (χ1v) is 4.26. The monoisotopic (exact) mass is 191 g/mol. The van der Waals surface area contributed by atoms with Crippen molar-refractivity contribution in [3.8, 4) is 0 Å². The summed E-state index contributed by atoms with van der Waals surface area (Å²) in [7, 11) is 0. The van der Waals surface area contributed by atoms with Gasteiger partial charge in [-0.05, 0) is 31.2 Å². The fourth-order valence-corrected chi connectivity index (χ4v) is 1.03. The van der Waals surface area contributed by atoms with Crippen LogP contribution in [0.15, 0.2) is 29.3 Å². The molecule has 0 heterocycles. The number of rotatable bonds is 2. The van der Waals surface area contributed by atoms with E-state index in [0.29, 0.717) is 5.84 Å². The van der Waals surface area contributed by atoms with Crippen molar-refractivity contribution in [2.24, 2.45) is 10.7 Å². The summed E-state index contributed by atoms with van der Waals surface area (Å²) < 4.78 is 0. The van der Waals surface area contributed by atoms with Crippen LogP contribution >= 0.6 is 0 Å². The SMILES string of the molecule is CC(=O)Nc1ccc(N=C(C)N)cc1. The van der Waals surface area contributed by atoms with Crippen LogP contribution in [0.1, 0.15) is 13.8 Å². The molecule has 1 rings (SSSR count). The topological polar surface area (TPSA) is 67.5 Å². The number of carbonyl (C=O) groups is 1. The Kier molecular flexibility index (Phi) is 3.23. The van der Waals surface area contributed by atoms with Crippen molar-refractivity contribution >= 4 is 23.1 Å². The lowest BCUT2D eigenvalue weighted by Crippen LogP contribution is -2.05. The highest BCUT2D eigenvalue weighted by atomic mass is 16.1. The quantitative estimate of drug-likeness (QED) is 0.551. The fourth-order valence-electron chi connectivity index (χ4n) is 1.03. The van der Waals surface area contributed by atoms with Crippen LogP contribution in [0.25, 0.3) is 0 Å². The van der Waals surface area contributed by atoms with Gasteiger partial charge in [-0.15, -0.1) is 0 Å². The summed E-state index contributed by atoms with van der Waals surface area (Å²) in [5.74, 6) is 0.425. The molecule has 1 amide bonds. The zero-order valence-corrected chi connectivity index (χ0v) is 8.24. The number of carbonyl (C=O) groups excluding carboxylic acids is 1. The van der Waals surface area contributed by atoms with Crippen LogP contribution < -0.4 is 11.1 Å². The normalized spacial score (nSPS) is 11.1. The van der Waals surface area contributed by atoms with Gasteiger partial charge in [0.05, 0.1) is 11.5 Å². The number of amides is 1. The van der Waals surface area contributed by atoms with Gasteiger partial charge in [0.2, 0.25) is 5.91 Å². The maximum Gasteiger partial charge on any atom is 0.221 e. The average Bonchev–Trinajstić information content (AvgIpc) is 2.06. The molecule has 0 saturated heterocycles. The van der Waals surface area contributed by atoms with Crippen LogP contribution in [0.2, 0.25) is 0 Å². The second-order valence-corrected chi connectivity index (χ2v) is 2.98. The molecule has 0 aliphatic rings. The Hall–Kier alpha value is -1.84. The highest BCUT2D eigenvalue weighted by Crippen LogP contribution is 2.15. The minimum atomic E-state index is -0.0868. The highest BCUT2D eigenvalue weighted by Gasteiger charge is 1.94. The van der Waals surface area contributed by atoms with Crippen molar-refractivity contribution in [3.63, 3.8) is 0 Å². The molecule has 0 saturated carbocycles. The van der Waals surface area contributed by atoms with Gasteiger partial charge < -0.3 is 11.1 Å². The van der Waals surface area contributed by atoms with Crippen molar-refractivity contribution in [2.75, 3.05) is 5.32 Å². The number of amidine groups is 1. The molecule has 4 nitrogen and oxygen atoms in total. The Balaban J connectivity index is 2.78. The van der Waals surface area contributed by atoms with Crippen molar-refractivity contribution in [3.05, 3.63) is 24.3 Å². The van der Waals surface area contributed by atoms with E-state index in [1.54, 1.807) is 31.2 Å². The van der Waals surface area contributed by atoms with Crippen LogP contribution in [-0.4, -0.2) is 11.7 Å². The van der Waals surface area contributed by atoms with Gasteiger partial charge in [-0.25, -0.2) is 4.99 Å². The summed E-state index contributed by atoms with van der Waals surface area (Å²) in [5, 5.41) is 2.67. The van der Waals surface area contributed by atoms with Crippen LogP contribution in [0.3, 0.4) is 0 Å². The van der Waals surface area contributed by atoms with E-state index in [0.717, 1.165) is 11.4 Å². The molecule has 0 radical (unpaired) electrons. The van der Waals surface area contributed by atoms with Gasteiger partial charge in [-0.2, -0.15) is 0 Å². The molecule has 74 valence electrons. The number of anilines is 1. The van der Waals surface area contributed by atoms with E-state index in [-0.39, 0.29) is 5.91 Å². The molecule has 1 aromatic carbocycles. The lowest BCUT2D eigenvalue weighted by atomic mass is 10.3. The number of nitrogens with two attached hydrogens (primary N) is 1. The smallest absolute Gasteiger partial charge is 0.221 e. The maximum atomic E-state index is 10.7. The van der Waals surface area contributed by atoms with Crippen LogP contribution in [-0.2, 0) is 4.79 Å². The number of hydrogen-bond donors (Lipinski definition) is 2. The molecule has 0 atom stereocenters. The zero-order chi connectivity index (χ0) is 10.6. The molecule has 3 N–H and O–H groups in total. The van der Waals surface area contributed by atoms with Crippen LogP contribution in [0.5, 0.6) is 0 Å². The predicted molar refractivity (Wildman–Crippen MR) is 57.7 cm³/mol. The molecule has 0 spiro atoms. The number of hydrogen-bond acceptors (Lipinski definition) is 2. The summed E-state index contributed by atoms with van der Waals surface area (Å²) in [6.45, 7) is 3.19. The van der Waals surface area contributed by atoms with Gasteiger partial charge in [0.15, 0.2) is 0 Å². The van der Waals surface area contributed by atoms with E-state index in [1.807, 2.05) is 0 Å². The van der Waals surface area contributed by atoms with Gasteiger partial charge in [0.25, 0.3) is 0 Å². The van der Waals surface area contributed by atoms with Crippen LogP contribution in [0.4, 0.5) is 11.4 Å².